The summed E-state index contributed by atoms with van der Waals surface area (Å²) in [6.45, 7) is 9.89. The van der Waals surface area contributed by atoms with Gasteiger partial charge >= 0.3 is 0 Å². The van der Waals surface area contributed by atoms with E-state index in [4.69, 9.17) is 4.98 Å². The molecule has 0 unspecified atom stereocenters. The van der Waals surface area contributed by atoms with Crippen molar-refractivity contribution in [1.82, 2.24) is 25.1 Å². The molecule has 8 nitrogen and oxygen atoms in total. The van der Waals surface area contributed by atoms with E-state index in [-0.39, 0.29) is 5.91 Å². The van der Waals surface area contributed by atoms with Gasteiger partial charge in [0.2, 0.25) is 5.91 Å². The third kappa shape index (κ3) is 3.82. The van der Waals surface area contributed by atoms with Gasteiger partial charge in [0.1, 0.15) is 5.69 Å². The van der Waals surface area contributed by atoms with Crippen molar-refractivity contribution in [1.29, 1.82) is 0 Å². The van der Waals surface area contributed by atoms with E-state index in [0.29, 0.717) is 0 Å². The first-order valence-electron chi connectivity index (χ1n) is 11.0. The van der Waals surface area contributed by atoms with Crippen molar-refractivity contribution in [3.63, 3.8) is 0 Å². The van der Waals surface area contributed by atoms with Gasteiger partial charge in [-0.05, 0) is 43.4 Å². The van der Waals surface area contributed by atoms with Gasteiger partial charge in [-0.1, -0.05) is 20.8 Å². The van der Waals surface area contributed by atoms with Gasteiger partial charge in [0.25, 0.3) is 0 Å². The Balaban J connectivity index is 1.43. The summed E-state index contributed by atoms with van der Waals surface area (Å²) in [7, 11) is 2.16. The van der Waals surface area contributed by atoms with E-state index >= 15 is 0 Å². The lowest BCUT2D eigenvalue weighted by Gasteiger charge is -2.34. The molecule has 5 rings (SSSR count). The van der Waals surface area contributed by atoms with Crippen molar-refractivity contribution >= 4 is 39.2 Å². The zero-order valence-corrected chi connectivity index (χ0v) is 19.0. The topological polar surface area (TPSA) is 92.9 Å². The van der Waals surface area contributed by atoms with Crippen LogP contribution >= 0.6 is 0 Å². The minimum atomic E-state index is -0.453. The predicted octanol–water partition coefficient (Wildman–Crippen LogP) is 3.84. The summed E-state index contributed by atoms with van der Waals surface area (Å²) in [4.78, 5) is 25.3. The maximum Gasteiger partial charge on any atom is 0.229 e. The van der Waals surface area contributed by atoms with Gasteiger partial charge in [0.15, 0.2) is 5.82 Å². The summed E-state index contributed by atoms with van der Waals surface area (Å²) in [5, 5.41) is 11.5. The first-order chi connectivity index (χ1) is 15.3. The number of anilines is 2. The van der Waals surface area contributed by atoms with Crippen LogP contribution in [0.5, 0.6) is 0 Å². The fourth-order valence-electron chi connectivity index (χ4n) is 3.97. The Hall–Kier alpha value is -3.39. The van der Waals surface area contributed by atoms with E-state index < -0.39 is 5.41 Å². The van der Waals surface area contributed by atoms with Crippen LogP contribution < -0.4 is 10.2 Å². The van der Waals surface area contributed by atoms with Gasteiger partial charge in [0.05, 0.1) is 16.6 Å². The molecule has 166 valence electrons. The maximum atomic E-state index is 12.3. The highest BCUT2D eigenvalue weighted by Crippen LogP contribution is 2.30. The number of carbonyl (C=O) groups is 1. The van der Waals surface area contributed by atoms with Crippen LogP contribution in [0.25, 0.3) is 33.5 Å². The van der Waals surface area contributed by atoms with Crippen molar-refractivity contribution in [2.45, 2.75) is 20.8 Å². The highest BCUT2D eigenvalue weighted by Gasteiger charge is 2.22. The summed E-state index contributed by atoms with van der Waals surface area (Å²) in [6.07, 6.45) is 0. The summed E-state index contributed by atoms with van der Waals surface area (Å²) in [5.74, 6) is 0.707. The Morgan fingerprint density at radius 1 is 1.03 bits per heavy atom. The molecule has 32 heavy (non-hydrogen) atoms. The van der Waals surface area contributed by atoms with Gasteiger partial charge in [-0.25, -0.2) is 4.98 Å². The third-order valence-corrected chi connectivity index (χ3v) is 6.06. The smallest absolute Gasteiger partial charge is 0.229 e. The molecule has 0 bridgehead atoms. The van der Waals surface area contributed by atoms with Crippen molar-refractivity contribution in [3.8, 4) is 11.5 Å². The number of hydrogen-bond donors (Lipinski definition) is 3. The van der Waals surface area contributed by atoms with Crippen LogP contribution in [0.4, 0.5) is 11.4 Å². The molecule has 2 aromatic heterocycles. The number of aromatic nitrogens is 4. The zero-order chi connectivity index (χ0) is 22.5. The Morgan fingerprint density at radius 3 is 2.56 bits per heavy atom. The quantitative estimate of drug-likeness (QED) is 0.458. The fraction of sp³-hybridized carbons (Fsp3) is 0.375. The average Bonchev–Trinajstić information content (AvgIpc) is 3.36. The summed E-state index contributed by atoms with van der Waals surface area (Å²) in [6, 6.07) is 12.2. The Morgan fingerprint density at radius 2 is 1.81 bits per heavy atom. The average molecular weight is 432 g/mol. The minimum absolute atomic E-state index is 0.0231. The number of likely N-dealkylation sites (N-methyl/N-ethyl adjacent to an activating group) is 1. The number of hydrogen-bond acceptors (Lipinski definition) is 5. The van der Waals surface area contributed by atoms with E-state index in [2.05, 4.69) is 55.5 Å². The normalized spacial score (nSPS) is 15.6. The van der Waals surface area contributed by atoms with Crippen LogP contribution in [0.2, 0.25) is 0 Å². The van der Waals surface area contributed by atoms with Gasteiger partial charge < -0.3 is 20.1 Å². The molecule has 1 amide bonds. The van der Waals surface area contributed by atoms with Crippen LogP contribution in [-0.4, -0.2) is 64.2 Å². The Labute approximate surface area is 187 Å². The van der Waals surface area contributed by atoms with Crippen LogP contribution in [0.3, 0.4) is 0 Å². The first-order valence-corrected chi connectivity index (χ1v) is 11.0. The third-order valence-electron chi connectivity index (χ3n) is 6.06. The predicted molar refractivity (Wildman–Crippen MR) is 129 cm³/mol. The molecule has 3 N–H and O–H groups in total. The molecule has 0 radical (unpaired) electrons. The van der Waals surface area contributed by atoms with E-state index in [1.54, 1.807) is 0 Å². The lowest BCUT2D eigenvalue weighted by Crippen LogP contribution is -2.44. The zero-order valence-electron chi connectivity index (χ0n) is 19.0. The minimum Gasteiger partial charge on any atom is -0.369 e. The Kier molecular flexibility index (Phi) is 4.89. The Bertz CT molecular complexity index is 1290. The van der Waals surface area contributed by atoms with Crippen LogP contribution in [0.15, 0.2) is 36.4 Å². The molecule has 0 saturated carbocycles. The molecule has 4 aromatic rings. The number of imidazole rings is 1. The molecule has 1 saturated heterocycles. The molecule has 8 heteroatoms. The maximum absolute atomic E-state index is 12.3. The molecule has 3 heterocycles. The van der Waals surface area contributed by atoms with Gasteiger partial charge in [0, 0.05) is 48.4 Å². The van der Waals surface area contributed by atoms with E-state index in [1.807, 2.05) is 39.0 Å². The SMILES string of the molecule is CN1CCN(c2ccc3nc(-c4n[nH]c5cc(NC(=O)C(C)(C)C)ccc45)[nH]c3c2)CC1. The second-order valence-electron chi connectivity index (χ2n) is 9.61. The van der Waals surface area contributed by atoms with Crippen molar-refractivity contribution in [2.75, 3.05) is 43.4 Å². The monoisotopic (exact) mass is 431 g/mol. The molecular weight excluding hydrogens is 402 g/mol. The molecule has 1 aliphatic rings. The molecule has 1 aliphatic heterocycles. The number of H-pyrrole nitrogens is 2. The number of fused-ring (bicyclic) bond motifs is 2. The van der Waals surface area contributed by atoms with Gasteiger partial charge in [-0.2, -0.15) is 5.10 Å². The lowest BCUT2D eigenvalue weighted by atomic mass is 9.95. The largest absolute Gasteiger partial charge is 0.369 e. The number of benzene rings is 2. The number of rotatable bonds is 3. The van der Waals surface area contributed by atoms with Crippen LogP contribution in [0.1, 0.15) is 20.8 Å². The number of piperazine rings is 1. The van der Waals surface area contributed by atoms with Crippen molar-refractivity contribution in [3.05, 3.63) is 36.4 Å². The van der Waals surface area contributed by atoms with E-state index in [0.717, 1.165) is 65.3 Å². The lowest BCUT2D eigenvalue weighted by molar-refractivity contribution is -0.123. The summed E-state index contributed by atoms with van der Waals surface area (Å²) < 4.78 is 0. The number of nitrogens with one attached hydrogen (secondary N) is 3. The van der Waals surface area contributed by atoms with Crippen molar-refractivity contribution in [2.24, 2.45) is 5.41 Å². The van der Waals surface area contributed by atoms with Gasteiger partial charge in [-0.3, -0.25) is 9.89 Å². The summed E-state index contributed by atoms with van der Waals surface area (Å²) in [5.41, 5.74) is 5.05. The van der Waals surface area contributed by atoms with Crippen LogP contribution in [0, 0.1) is 5.41 Å². The second kappa shape index (κ2) is 7.63. The molecule has 2 aromatic carbocycles. The van der Waals surface area contributed by atoms with Crippen molar-refractivity contribution < 1.29 is 4.79 Å². The van der Waals surface area contributed by atoms with E-state index in [1.165, 1.54) is 5.69 Å². The highest BCUT2D eigenvalue weighted by atomic mass is 16.2. The fourth-order valence-corrected chi connectivity index (χ4v) is 3.97. The number of nitrogens with zero attached hydrogens (tertiary/aromatic N) is 4. The highest BCUT2D eigenvalue weighted by molar-refractivity contribution is 5.99. The number of aromatic amines is 2. The number of carbonyl (C=O) groups excluding carboxylic acids is 1. The standard InChI is InChI=1S/C24H29N7O/c1-24(2,3)23(32)25-15-5-7-17-19(13-15)28-29-21(17)22-26-18-8-6-16(14-20(18)27-22)31-11-9-30(4)10-12-31/h5-8,13-14H,9-12H2,1-4H3,(H,25,32)(H,26,27)(H,28,29). The molecule has 0 aliphatic carbocycles. The van der Waals surface area contributed by atoms with E-state index in [9.17, 15) is 4.79 Å². The summed E-state index contributed by atoms with van der Waals surface area (Å²) >= 11 is 0. The molecule has 0 spiro atoms. The van der Waals surface area contributed by atoms with Gasteiger partial charge in [-0.15, -0.1) is 0 Å². The molecular formula is C24H29N7O. The molecule has 1 fully saturated rings. The first kappa shape index (κ1) is 20.5. The number of amides is 1. The molecule has 0 atom stereocenters. The second-order valence-corrected chi connectivity index (χ2v) is 9.61. The van der Waals surface area contributed by atoms with Crippen LogP contribution in [-0.2, 0) is 4.79 Å².